The second kappa shape index (κ2) is 15.1. The van der Waals surface area contributed by atoms with Gasteiger partial charge in [-0.25, -0.2) is 0 Å². The Bertz CT molecular complexity index is 2420. The molecule has 1 saturated heterocycles. The number of fused-ring (bicyclic) bond motifs is 4. The Kier molecular flexibility index (Phi) is 9.93. The highest BCUT2D eigenvalue weighted by atomic mass is 28.3. The van der Waals surface area contributed by atoms with Gasteiger partial charge in [-0.1, -0.05) is 104 Å². The quantitative estimate of drug-likeness (QED) is 0.162. The number of aliphatic hydroxyl groups is 1. The van der Waals surface area contributed by atoms with Crippen molar-refractivity contribution in [2.24, 2.45) is 5.92 Å². The summed E-state index contributed by atoms with van der Waals surface area (Å²) in [4.78, 5) is 49.3. The first-order valence-electron chi connectivity index (χ1n) is 20.4. The van der Waals surface area contributed by atoms with Crippen molar-refractivity contribution in [3.8, 4) is 11.5 Å². The van der Waals surface area contributed by atoms with Crippen molar-refractivity contribution in [2.45, 2.75) is 69.2 Å². The van der Waals surface area contributed by atoms with Crippen molar-refractivity contribution in [1.82, 2.24) is 4.90 Å². The van der Waals surface area contributed by atoms with Gasteiger partial charge in [-0.3, -0.25) is 19.3 Å². The molecule has 3 amide bonds. The van der Waals surface area contributed by atoms with Gasteiger partial charge in [0.15, 0.2) is 12.2 Å². The van der Waals surface area contributed by atoms with Crippen LogP contribution in [0, 0.1) is 5.92 Å². The smallest absolute Gasteiger partial charge is 0.269 e. The van der Waals surface area contributed by atoms with E-state index in [9.17, 15) is 14.7 Å². The average Bonchev–Trinajstić information content (AvgIpc) is 3.68. The first-order valence-corrected chi connectivity index (χ1v) is 23.5. The van der Waals surface area contributed by atoms with Crippen LogP contribution in [0.1, 0.15) is 35.6 Å². The Labute approximate surface area is 345 Å². The molecule has 0 radical (unpaired) electrons. The zero-order chi connectivity index (χ0) is 41.1. The molecule has 5 aromatic rings. The number of carbonyl (C=O) groups is 3. The molecule has 9 rings (SSSR count). The molecule has 302 valence electrons. The Morgan fingerprint density at radius 3 is 2.34 bits per heavy atom. The highest BCUT2D eigenvalue weighted by Gasteiger charge is 2.66. The molecule has 11 heteroatoms. The molecule has 0 aliphatic carbocycles. The lowest BCUT2D eigenvalue weighted by molar-refractivity contribution is -0.151. The van der Waals surface area contributed by atoms with E-state index in [-0.39, 0.29) is 54.9 Å². The molecule has 0 aromatic heterocycles. The number of para-hydroxylation sites is 2. The Morgan fingerprint density at radius 1 is 0.881 bits per heavy atom. The van der Waals surface area contributed by atoms with E-state index in [0.29, 0.717) is 47.9 Å². The molecule has 5 atom stereocenters. The summed E-state index contributed by atoms with van der Waals surface area (Å²) in [6.45, 7) is 7.14. The standard InChI is InChI=1S/C48H49N3O7Si/c1-31-46(59(3,4)38-21-19-37(56-2)20-22-38)43(26-44(53)49-28-34-15-9-8-14-33(34)24-36(49)29-52)58-48(31)39-25-35(51-41-16-10-11-17-42(41)57-30-45(51)54)18-23-40(39)50(47(48)55)27-32-12-6-5-7-13-32/h5-23,25,31,36,43,46,52H,24,26-30H2,1-4H3/t31-,36+,43+,46-,48+/m1/s1. The summed E-state index contributed by atoms with van der Waals surface area (Å²) in [6, 6.07) is 39.0. The summed E-state index contributed by atoms with van der Waals surface area (Å²) in [5.41, 5.74) is 4.12. The number of anilines is 3. The van der Waals surface area contributed by atoms with Gasteiger partial charge in [-0.15, -0.1) is 0 Å². The van der Waals surface area contributed by atoms with E-state index in [4.69, 9.17) is 14.2 Å². The monoisotopic (exact) mass is 807 g/mol. The van der Waals surface area contributed by atoms with Crippen LogP contribution in [0.5, 0.6) is 11.5 Å². The van der Waals surface area contributed by atoms with E-state index in [2.05, 4.69) is 38.2 Å². The number of carbonyl (C=O) groups excluding carboxylic acids is 3. The van der Waals surface area contributed by atoms with Crippen molar-refractivity contribution in [1.29, 1.82) is 0 Å². The lowest BCUT2D eigenvalue weighted by Crippen LogP contribution is -2.52. The highest BCUT2D eigenvalue weighted by molar-refractivity contribution is 6.91. The molecule has 4 aliphatic rings. The summed E-state index contributed by atoms with van der Waals surface area (Å²) in [6.07, 6.45) is -0.0365. The number of benzene rings is 5. The summed E-state index contributed by atoms with van der Waals surface area (Å²) >= 11 is 0. The zero-order valence-electron chi connectivity index (χ0n) is 33.8. The lowest BCUT2D eigenvalue weighted by Gasteiger charge is -2.39. The maximum Gasteiger partial charge on any atom is 0.269 e. The van der Waals surface area contributed by atoms with Crippen LogP contribution in [-0.4, -0.2) is 68.3 Å². The minimum atomic E-state index is -2.60. The third-order valence-electron chi connectivity index (χ3n) is 13.2. The molecule has 4 aliphatic heterocycles. The molecule has 1 fully saturated rings. The minimum Gasteiger partial charge on any atom is -0.497 e. The molecular weight excluding hydrogens is 759 g/mol. The first kappa shape index (κ1) is 38.7. The van der Waals surface area contributed by atoms with E-state index < -0.39 is 19.8 Å². The van der Waals surface area contributed by atoms with Gasteiger partial charge in [-0.2, -0.15) is 0 Å². The summed E-state index contributed by atoms with van der Waals surface area (Å²) in [5.74, 6) is 0.444. The lowest BCUT2D eigenvalue weighted by atomic mass is 9.82. The van der Waals surface area contributed by atoms with E-state index in [0.717, 1.165) is 27.6 Å². The number of rotatable bonds is 9. The van der Waals surface area contributed by atoms with Gasteiger partial charge in [-0.05, 0) is 71.1 Å². The van der Waals surface area contributed by atoms with Crippen LogP contribution in [-0.2, 0) is 44.2 Å². The fourth-order valence-electron chi connectivity index (χ4n) is 10.3. The van der Waals surface area contributed by atoms with Crippen LogP contribution in [0.2, 0.25) is 18.6 Å². The van der Waals surface area contributed by atoms with Crippen LogP contribution >= 0.6 is 0 Å². The van der Waals surface area contributed by atoms with E-state index in [1.807, 2.05) is 108 Å². The van der Waals surface area contributed by atoms with Crippen molar-refractivity contribution in [2.75, 3.05) is 30.1 Å². The van der Waals surface area contributed by atoms with E-state index in [1.54, 1.807) is 16.9 Å². The Hall–Kier alpha value is -5.75. The third-order valence-corrected chi connectivity index (χ3v) is 17.6. The number of nitrogens with zero attached hydrogens (tertiary/aromatic N) is 3. The predicted molar refractivity (Wildman–Crippen MR) is 229 cm³/mol. The second-order valence-electron chi connectivity index (χ2n) is 16.8. The van der Waals surface area contributed by atoms with Crippen LogP contribution in [0.25, 0.3) is 0 Å². The fraction of sp³-hybridized carbons (Fsp3) is 0.312. The zero-order valence-corrected chi connectivity index (χ0v) is 34.8. The van der Waals surface area contributed by atoms with Crippen LogP contribution in [0.4, 0.5) is 17.1 Å². The molecule has 4 heterocycles. The van der Waals surface area contributed by atoms with Gasteiger partial charge in [0.05, 0.1) is 58.3 Å². The molecule has 5 aromatic carbocycles. The number of methoxy groups -OCH3 is 1. The molecule has 10 nitrogen and oxygen atoms in total. The Morgan fingerprint density at radius 2 is 1.59 bits per heavy atom. The van der Waals surface area contributed by atoms with Crippen molar-refractivity contribution in [3.05, 3.63) is 144 Å². The molecule has 0 unspecified atom stereocenters. The maximum absolute atomic E-state index is 15.6. The SMILES string of the molecule is COc1ccc([Si](C)(C)[C@H]2[C@H](CC(=O)N3Cc4ccccc4C[C@H]3CO)O[C@@]3(C(=O)N(Cc4ccccc4)c4ccc(N5C(=O)COc6ccccc65)cc43)[C@@H]2C)cc1. The van der Waals surface area contributed by atoms with Crippen LogP contribution in [0.3, 0.4) is 0 Å². The number of ether oxygens (including phenoxy) is 3. The third kappa shape index (κ3) is 6.43. The largest absolute Gasteiger partial charge is 0.497 e. The van der Waals surface area contributed by atoms with Gasteiger partial charge in [0.2, 0.25) is 5.91 Å². The second-order valence-corrected chi connectivity index (χ2v) is 21.4. The molecule has 59 heavy (non-hydrogen) atoms. The summed E-state index contributed by atoms with van der Waals surface area (Å²) in [5, 5.41) is 11.7. The van der Waals surface area contributed by atoms with Crippen molar-refractivity contribution < 1.29 is 33.7 Å². The van der Waals surface area contributed by atoms with Crippen LogP contribution < -0.4 is 24.5 Å². The molecular formula is C48H49N3O7Si. The number of hydrogen-bond donors (Lipinski definition) is 1. The van der Waals surface area contributed by atoms with Gasteiger partial charge in [0.1, 0.15) is 11.5 Å². The maximum atomic E-state index is 15.6. The van der Waals surface area contributed by atoms with Crippen molar-refractivity contribution >= 4 is 48.0 Å². The van der Waals surface area contributed by atoms with Gasteiger partial charge in [0, 0.05) is 23.7 Å². The van der Waals surface area contributed by atoms with Crippen LogP contribution in [0.15, 0.2) is 121 Å². The van der Waals surface area contributed by atoms with E-state index in [1.165, 1.54) is 0 Å². The number of amides is 3. The molecule has 0 saturated carbocycles. The van der Waals surface area contributed by atoms with Gasteiger partial charge >= 0.3 is 0 Å². The normalized spacial score (nSPS) is 23.5. The topological polar surface area (TPSA) is 109 Å². The minimum absolute atomic E-state index is 0.0400. The average molecular weight is 808 g/mol. The molecule has 1 N–H and O–H groups in total. The van der Waals surface area contributed by atoms with Gasteiger partial charge in [0.25, 0.3) is 11.8 Å². The van der Waals surface area contributed by atoms with Crippen molar-refractivity contribution in [3.63, 3.8) is 0 Å². The predicted octanol–water partition coefficient (Wildman–Crippen LogP) is 6.85. The summed E-state index contributed by atoms with van der Waals surface area (Å²) in [7, 11) is -0.956. The number of aliphatic hydroxyl groups excluding tert-OH is 1. The molecule has 1 spiro atoms. The van der Waals surface area contributed by atoms with Gasteiger partial charge < -0.3 is 29.1 Å². The first-order chi connectivity index (χ1) is 28.5. The Balaban J connectivity index is 1.18. The summed E-state index contributed by atoms with van der Waals surface area (Å²) < 4.78 is 18.7. The van der Waals surface area contributed by atoms with E-state index >= 15 is 4.79 Å². The molecule has 0 bridgehead atoms. The fourth-order valence-corrected chi connectivity index (χ4v) is 14.3. The number of hydrogen-bond acceptors (Lipinski definition) is 7. The highest BCUT2D eigenvalue weighted by Crippen LogP contribution is 2.61.